The van der Waals surface area contributed by atoms with Gasteiger partial charge in [0.15, 0.2) is 0 Å². The average molecular weight is 837 g/mol. The van der Waals surface area contributed by atoms with Crippen LogP contribution in [0.3, 0.4) is 0 Å². The van der Waals surface area contributed by atoms with Gasteiger partial charge in [0.25, 0.3) is 0 Å². The van der Waals surface area contributed by atoms with Crippen LogP contribution in [-0.4, -0.2) is 70.2 Å². The number of aryl methyl sites for hydroxylation is 2. The Balaban J connectivity index is -0.000000180. The Morgan fingerprint density at radius 1 is 0.591 bits per heavy atom. The summed E-state index contributed by atoms with van der Waals surface area (Å²) in [5.41, 5.74) is 2.19. The number of carbonyl (C=O) groups is 1. The Labute approximate surface area is 334 Å². The number of carboxylic acid groups (broad SMARTS) is 1. The van der Waals surface area contributed by atoms with E-state index in [-0.39, 0.29) is 85.0 Å². The summed E-state index contributed by atoms with van der Waals surface area (Å²) < 4.78 is 0. The van der Waals surface area contributed by atoms with E-state index in [1.807, 2.05) is 43.3 Å². The van der Waals surface area contributed by atoms with Crippen LogP contribution in [0.4, 0.5) is 0 Å². The molecular weight excluding hydrogens is 770 g/mol. The summed E-state index contributed by atoms with van der Waals surface area (Å²) in [5, 5.41) is 27.8. The second kappa shape index (κ2) is 35.9. The molecule has 4 nitrogen and oxygen atoms in total. The number of carboxylic acids is 1. The van der Waals surface area contributed by atoms with Crippen LogP contribution in [0.2, 0.25) is 0 Å². The van der Waals surface area contributed by atoms with Crippen LogP contribution in [0, 0.1) is 5.92 Å². The number of para-hydroxylation sites is 2. The van der Waals surface area contributed by atoms with Gasteiger partial charge >= 0.3 is 54.9 Å². The third kappa shape index (κ3) is 28.2. The number of unbranched alkanes of at least 4 members (excludes halogenated alkanes) is 13. The Morgan fingerprint density at radius 3 is 1.25 bits per heavy atom. The number of rotatable bonds is 21. The van der Waals surface area contributed by atoms with Crippen molar-refractivity contribution >= 4 is 54.9 Å². The van der Waals surface area contributed by atoms with Gasteiger partial charge in [-0.1, -0.05) is 154 Å². The minimum atomic E-state index is -0.643. The number of hydrogen-bond acceptors (Lipinski definition) is 3. The summed E-state index contributed by atoms with van der Waals surface area (Å²) in [7, 11) is 0. The quantitative estimate of drug-likeness (QED) is 0.0865. The normalized spacial score (nSPS) is 10.6. The maximum Gasteiger partial charge on any atom is 2.00 e. The predicted molar refractivity (Wildman–Crippen MR) is 189 cm³/mol. The smallest absolute Gasteiger partial charge is 1.00 e. The number of benzene rings is 2. The van der Waals surface area contributed by atoms with Crippen LogP contribution in [0.25, 0.3) is 0 Å². The van der Waals surface area contributed by atoms with Crippen molar-refractivity contribution in [3.05, 3.63) is 59.7 Å². The largest absolute Gasteiger partial charge is 2.00 e. The van der Waals surface area contributed by atoms with Gasteiger partial charge in [-0.15, -0.1) is 0 Å². The van der Waals surface area contributed by atoms with E-state index in [1.54, 1.807) is 12.1 Å². The summed E-state index contributed by atoms with van der Waals surface area (Å²) in [6, 6.07) is 15.3. The van der Waals surface area contributed by atoms with Gasteiger partial charge in [-0.3, -0.25) is 4.79 Å². The van der Waals surface area contributed by atoms with Crippen molar-refractivity contribution in [1.82, 2.24) is 0 Å². The second-order valence-corrected chi connectivity index (χ2v) is 11.6. The number of aliphatic carboxylic acids is 1. The zero-order chi connectivity index (χ0) is 31.3. The molecule has 0 radical (unpaired) electrons. The van der Waals surface area contributed by atoms with Gasteiger partial charge in [0.1, 0.15) is 11.5 Å². The summed E-state index contributed by atoms with van der Waals surface area (Å²) in [6.07, 6.45) is 24.3. The molecule has 2 aromatic carbocycles. The molecule has 0 saturated carbocycles. The molecule has 0 aliphatic rings. The predicted octanol–water partition coefficient (Wildman–Crippen LogP) is 11.5. The first kappa shape index (κ1) is 48.4. The fraction of sp³-hybridized carbons (Fsp3) is 0.658. The van der Waals surface area contributed by atoms with Crippen molar-refractivity contribution in [1.29, 1.82) is 0 Å². The Bertz CT molecular complexity index is 845. The molecule has 44 heavy (non-hydrogen) atoms. The molecule has 2 rings (SSSR count). The molecule has 0 aromatic heterocycles. The minimum absolute atomic E-state index is 0. The molecule has 0 aliphatic heterocycles. The molecule has 0 saturated heterocycles. The summed E-state index contributed by atoms with van der Waals surface area (Å²) in [6.45, 7) is 8.50. The maximum absolute atomic E-state index is 10.4. The molecule has 1 atom stereocenters. The summed E-state index contributed by atoms with van der Waals surface area (Å²) in [4.78, 5) is 10.4. The molecule has 2 aromatic rings. The van der Waals surface area contributed by atoms with Crippen molar-refractivity contribution in [2.24, 2.45) is 5.92 Å². The fourth-order valence-corrected chi connectivity index (χ4v) is 4.94. The molecule has 0 spiro atoms. The van der Waals surface area contributed by atoms with E-state index in [0.717, 1.165) is 49.7 Å². The van der Waals surface area contributed by atoms with E-state index >= 15 is 0 Å². The summed E-state index contributed by atoms with van der Waals surface area (Å²) >= 11 is 0. The number of hydrogen-bond donors (Lipinski definition) is 3. The van der Waals surface area contributed by atoms with Crippen LogP contribution in [0.1, 0.15) is 157 Å². The molecule has 0 aliphatic carbocycles. The SMILES string of the molecule is CCCCC(CC)C(=O)O.CCCCCCCCCc1ccccc1O.CCCCCCCCCc1ccccc1O.[Ba+2].[Cd].[H-].[H-]. The molecule has 0 fully saturated rings. The molecule has 0 bridgehead atoms. The van der Waals surface area contributed by atoms with E-state index in [9.17, 15) is 15.0 Å². The van der Waals surface area contributed by atoms with Crippen LogP contribution >= 0.6 is 0 Å². The van der Waals surface area contributed by atoms with E-state index < -0.39 is 5.97 Å². The number of aromatic hydroxyl groups is 2. The van der Waals surface area contributed by atoms with Crippen molar-refractivity contribution in [2.45, 2.75) is 156 Å². The molecule has 3 N–H and O–H groups in total. The van der Waals surface area contributed by atoms with Crippen molar-refractivity contribution in [3.8, 4) is 11.5 Å². The molecule has 0 amide bonds. The van der Waals surface area contributed by atoms with Gasteiger partial charge in [-0.2, -0.15) is 0 Å². The number of phenols is 2. The molecular formula is C38H66BaCdO4. The fourth-order valence-electron chi connectivity index (χ4n) is 4.94. The topological polar surface area (TPSA) is 77.8 Å². The van der Waals surface area contributed by atoms with Gasteiger partial charge < -0.3 is 18.2 Å². The van der Waals surface area contributed by atoms with Crippen LogP contribution in [0.15, 0.2) is 48.5 Å². The van der Waals surface area contributed by atoms with Gasteiger partial charge in [-0.25, -0.2) is 0 Å². The first-order valence-corrected chi connectivity index (χ1v) is 17.2. The zero-order valence-corrected chi connectivity index (χ0v) is 37.5. The maximum atomic E-state index is 10.4. The van der Waals surface area contributed by atoms with Crippen molar-refractivity contribution in [3.63, 3.8) is 0 Å². The Morgan fingerprint density at radius 2 is 0.932 bits per heavy atom. The van der Waals surface area contributed by atoms with Crippen LogP contribution in [-0.2, 0) is 44.9 Å². The molecule has 6 heteroatoms. The number of phenolic OH excluding ortho intramolecular Hbond substituents is 2. The molecule has 246 valence electrons. The first-order chi connectivity index (χ1) is 20.4. The first-order valence-electron chi connectivity index (χ1n) is 17.2. The van der Waals surface area contributed by atoms with Gasteiger partial charge in [0.2, 0.25) is 0 Å². The Hall–Kier alpha value is 0.00351. The summed E-state index contributed by atoms with van der Waals surface area (Å²) in [5.74, 6) is 0.151. The molecule has 1 unspecified atom stereocenters. The van der Waals surface area contributed by atoms with E-state index in [4.69, 9.17) is 5.11 Å². The Kier molecular flexibility index (Phi) is 39.4. The second-order valence-electron chi connectivity index (χ2n) is 11.6. The molecule has 0 heterocycles. The van der Waals surface area contributed by atoms with E-state index in [2.05, 4.69) is 20.8 Å². The van der Waals surface area contributed by atoms with E-state index in [0.29, 0.717) is 11.5 Å². The van der Waals surface area contributed by atoms with Crippen LogP contribution in [0.5, 0.6) is 11.5 Å². The van der Waals surface area contributed by atoms with Crippen molar-refractivity contribution < 1.29 is 50.3 Å². The standard InChI is InChI=1S/2C15H24O.C8H16O2.Ba.Cd.2H/c2*1-2-3-4-5-6-7-8-11-14-12-9-10-13-15(14)16;1-3-5-6-7(4-2)8(9)10;;;;/h2*9-10,12-13,16H,2-8,11H2,1H3;7H,3-6H2,1-2H3,(H,9,10);;;;/q;;;+2;;2*-1. The monoisotopic (exact) mass is 838 g/mol. The van der Waals surface area contributed by atoms with Gasteiger partial charge in [0.05, 0.1) is 5.92 Å². The van der Waals surface area contributed by atoms with Crippen LogP contribution < -0.4 is 0 Å². The minimum Gasteiger partial charge on any atom is -1.00 e. The zero-order valence-electron chi connectivity index (χ0n) is 31.0. The average Bonchev–Trinajstić information content (AvgIpc) is 2.99. The third-order valence-corrected chi connectivity index (χ3v) is 7.83. The van der Waals surface area contributed by atoms with Gasteiger partial charge in [0, 0.05) is 27.3 Å². The third-order valence-electron chi connectivity index (χ3n) is 7.83. The van der Waals surface area contributed by atoms with Crippen molar-refractivity contribution in [2.75, 3.05) is 0 Å². The van der Waals surface area contributed by atoms with Gasteiger partial charge in [-0.05, 0) is 61.8 Å². The van der Waals surface area contributed by atoms with E-state index in [1.165, 1.54) is 89.9 Å².